The zero-order valence-electron chi connectivity index (χ0n) is 9.09. The molecule has 0 bridgehead atoms. The van der Waals surface area contributed by atoms with Gasteiger partial charge < -0.3 is 0 Å². The SMILES string of the molecule is CCSCC(NN)C1=CCCCCC1. The molecule has 0 heterocycles. The molecule has 82 valence electrons. The first-order valence-corrected chi connectivity index (χ1v) is 6.76. The summed E-state index contributed by atoms with van der Waals surface area (Å²) < 4.78 is 0. The molecular formula is C11H22N2S. The first-order valence-electron chi connectivity index (χ1n) is 5.61. The number of nitrogens with one attached hydrogen (secondary N) is 1. The molecule has 0 aliphatic heterocycles. The molecule has 0 saturated carbocycles. The molecule has 1 aliphatic rings. The number of hydrogen-bond acceptors (Lipinski definition) is 3. The van der Waals surface area contributed by atoms with Crippen molar-refractivity contribution in [1.82, 2.24) is 5.43 Å². The summed E-state index contributed by atoms with van der Waals surface area (Å²) in [4.78, 5) is 0. The average Bonchev–Trinajstić information content (AvgIpc) is 2.48. The largest absolute Gasteiger partial charge is 0.271 e. The van der Waals surface area contributed by atoms with E-state index in [0.717, 1.165) is 5.75 Å². The van der Waals surface area contributed by atoms with Crippen LogP contribution in [0.5, 0.6) is 0 Å². The molecule has 3 N–H and O–H groups in total. The summed E-state index contributed by atoms with van der Waals surface area (Å²) >= 11 is 1.96. The highest BCUT2D eigenvalue weighted by molar-refractivity contribution is 7.99. The highest BCUT2D eigenvalue weighted by Gasteiger charge is 2.13. The van der Waals surface area contributed by atoms with Gasteiger partial charge in [0.15, 0.2) is 0 Å². The third-order valence-corrected chi connectivity index (χ3v) is 3.69. The maximum absolute atomic E-state index is 5.59. The Hall–Kier alpha value is 0.0100. The van der Waals surface area contributed by atoms with Gasteiger partial charge in [-0.05, 0) is 31.4 Å². The van der Waals surface area contributed by atoms with E-state index in [0.29, 0.717) is 6.04 Å². The van der Waals surface area contributed by atoms with Crippen molar-refractivity contribution in [2.45, 2.75) is 45.1 Å². The van der Waals surface area contributed by atoms with Crippen LogP contribution in [0.2, 0.25) is 0 Å². The second-order valence-corrected chi connectivity index (χ2v) is 5.08. The van der Waals surface area contributed by atoms with Crippen molar-refractivity contribution in [3.8, 4) is 0 Å². The van der Waals surface area contributed by atoms with E-state index in [2.05, 4.69) is 18.4 Å². The molecule has 0 spiro atoms. The van der Waals surface area contributed by atoms with Crippen LogP contribution in [0.4, 0.5) is 0 Å². The molecule has 14 heavy (non-hydrogen) atoms. The molecule has 0 saturated heterocycles. The van der Waals surface area contributed by atoms with E-state index in [4.69, 9.17) is 5.84 Å². The molecule has 3 heteroatoms. The Balaban J connectivity index is 2.44. The number of hydrogen-bond donors (Lipinski definition) is 2. The zero-order chi connectivity index (χ0) is 10.2. The lowest BCUT2D eigenvalue weighted by Crippen LogP contribution is -2.38. The molecule has 1 rings (SSSR count). The van der Waals surface area contributed by atoms with Gasteiger partial charge in [-0.1, -0.05) is 25.0 Å². The van der Waals surface area contributed by atoms with E-state index < -0.39 is 0 Å². The first-order chi connectivity index (χ1) is 6.88. The van der Waals surface area contributed by atoms with Crippen molar-refractivity contribution >= 4 is 11.8 Å². The van der Waals surface area contributed by atoms with E-state index >= 15 is 0 Å². The first kappa shape index (κ1) is 12.1. The van der Waals surface area contributed by atoms with Gasteiger partial charge in [0.25, 0.3) is 0 Å². The van der Waals surface area contributed by atoms with Crippen molar-refractivity contribution in [1.29, 1.82) is 0 Å². The minimum absolute atomic E-state index is 0.401. The van der Waals surface area contributed by atoms with Crippen LogP contribution >= 0.6 is 11.8 Å². The summed E-state index contributed by atoms with van der Waals surface area (Å²) in [5, 5.41) is 0. The molecule has 1 unspecified atom stereocenters. The highest BCUT2D eigenvalue weighted by atomic mass is 32.2. The second-order valence-electron chi connectivity index (χ2n) is 3.76. The maximum atomic E-state index is 5.59. The Bertz CT molecular complexity index is 180. The minimum Gasteiger partial charge on any atom is -0.271 e. The summed E-state index contributed by atoms with van der Waals surface area (Å²) in [6.07, 6.45) is 8.93. The third-order valence-electron chi connectivity index (χ3n) is 2.71. The lowest BCUT2D eigenvalue weighted by atomic mass is 10.0. The van der Waals surface area contributed by atoms with E-state index in [1.807, 2.05) is 11.8 Å². The van der Waals surface area contributed by atoms with Gasteiger partial charge >= 0.3 is 0 Å². The van der Waals surface area contributed by atoms with Gasteiger partial charge in [-0.3, -0.25) is 11.3 Å². The third kappa shape index (κ3) is 4.03. The predicted molar refractivity (Wildman–Crippen MR) is 65.3 cm³/mol. The zero-order valence-corrected chi connectivity index (χ0v) is 9.91. The molecule has 1 atom stereocenters. The fraction of sp³-hybridized carbons (Fsp3) is 0.818. The predicted octanol–water partition coefficient (Wildman–Crippen LogP) is 2.46. The molecule has 0 fully saturated rings. The lowest BCUT2D eigenvalue weighted by Gasteiger charge is -2.18. The Morgan fingerprint density at radius 1 is 1.50 bits per heavy atom. The number of thioether (sulfide) groups is 1. The summed E-state index contributed by atoms with van der Waals surface area (Å²) in [5.41, 5.74) is 4.48. The van der Waals surface area contributed by atoms with E-state index in [-0.39, 0.29) is 0 Å². The quantitative estimate of drug-likeness (QED) is 0.419. The van der Waals surface area contributed by atoms with Crippen molar-refractivity contribution in [3.63, 3.8) is 0 Å². The molecule has 1 aliphatic carbocycles. The summed E-state index contributed by atoms with van der Waals surface area (Å²) in [6, 6.07) is 0.401. The van der Waals surface area contributed by atoms with Crippen LogP contribution in [0.25, 0.3) is 0 Å². The van der Waals surface area contributed by atoms with Crippen molar-refractivity contribution < 1.29 is 0 Å². The summed E-state index contributed by atoms with van der Waals surface area (Å²) in [7, 11) is 0. The lowest BCUT2D eigenvalue weighted by molar-refractivity contribution is 0.611. The van der Waals surface area contributed by atoms with Gasteiger partial charge in [-0.2, -0.15) is 11.8 Å². The second kappa shape index (κ2) is 7.32. The Morgan fingerprint density at radius 2 is 2.36 bits per heavy atom. The minimum atomic E-state index is 0.401. The van der Waals surface area contributed by atoms with Crippen LogP contribution in [0, 0.1) is 0 Å². The van der Waals surface area contributed by atoms with Gasteiger partial charge in [-0.15, -0.1) is 0 Å². The maximum Gasteiger partial charge on any atom is 0.0510 e. The highest BCUT2D eigenvalue weighted by Crippen LogP contribution is 2.21. The normalized spacial score (nSPS) is 20.0. The molecule has 0 aromatic carbocycles. The standard InChI is InChI=1S/C11H22N2S/c1-2-14-9-11(13-12)10-7-5-3-4-6-8-10/h7,11,13H,2-6,8-9,12H2,1H3. The van der Waals surface area contributed by atoms with Crippen LogP contribution in [0.3, 0.4) is 0 Å². The van der Waals surface area contributed by atoms with Crippen LogP contribution in [-0.4, -0.2) is 17.5 Å². The Labute approximate surface area is 91.7 Å². The van der Waals surface area contributed by atoms with Crippen molar-refractivity contribution in [3.05, 3.63) is 11.6 Å². The van der Waals surface area contributed by atoms with E-state index in [1.165, 1.54) is 43.4 Å². The monoisotopic (exact) mass is 214 g/mol. The molecule has 0 amide bonds. The van der Waals surface area contributed by atoms with Crippen LogP contribution in [0.15, 0.2) is 11.6 Å². The number of allylic oxidation sites excluding steroid dienone is 1. The summed E-state index contributed by atoms with van der Waals surface area (Å²) in [6.45, 7) is 2.19. The topological polar surface area (TPSA) is 38.0 Å². The Kier molecular flexibility index (Phi) is 6.32. The van der Waals surface area contributed by atoms with Crippen molar-refractivity contribution in [2.24, 2.45) is 5.84 Å². The number of rotatable bonds is 5. The smallest absolute Gasteiger partial charge is 0.0510 e. The molecule has 0 radical (unpaired) electrons. The van der Waals surface area contributed by atoms with Crippen molar-refractivity contribution in [2.75, 3.05) is 11.5 Å². The van der Waals surface area contributed by atoms with Crippen LogP contribution < -0.4 is 11.3 Å². The molecular weight excluding hydrogens is 192 g/mol. The van der Waals surface area contributed by atoms with Gasteiger partial charge in [0.1, 0.15) is 0 Å². The van der Waals surface area contributed by atoms with Gasteiger partial charge in [0.05, 0.1) is 6.04 Å². The fourth-order valence-corrected chi connectivity index (χ4v) is 2.64. The number of hydrazine groups is 1. The summed E-state index contributed by atoms with van der Waals surface area (Å²) in [5.74, 6) is 7.87. The van der Waals surface area contributed by atoms with Gasteiger partial charge in [0, 0.05) is 5.75 Å². The van der Waals surface area contributed by atoms with Gasteiger partial charge in [0.2, 0.25) is 0 Å². The van der Waals surface area contributed by atoms with Gasteiger partial charge in [-0.25, -0.2) is 0 Å². The average molecular weight is 214 g/mol. The molecule has 0 aromatic rings. The Morgan fingerprint density at radius 3 is 3.07 bits per heavy atom. The molecule has 0 aromatic heterocycles. The molecule has 2 nitrogen and oxygen atoms in total. The van der Waals surface area contributed by atoms with E-state index in [1.54, 1.807) is 0 Å². The van der Waals surface area contributed by atoms with Crippen LogP contribution in [0.1, 0.15) is 39.0 Å². The van der Waals surface area contributed by atoms with Crippen LogP contribution in [-0.2, 0) is 0 Å². The number of nitrogens with two attached hydrogens (primary N) is 1. The van der Waals surface area contributed by atoms with E-state index in [9.17, 15) is 0 Å². The fourth-order valence-electron chi connectivity index (χ4n) is 1.85.